The highest BCUT2D eigenvalue weighted by Gasteiger charge is 2.20. The lowest BCUT2D eigenvalue weighted by Gasteiger charge is -2.24. The van der Waals surface area contributed by atoms with Gasteiger partial charge in [-0.25, -0.2) is 0 Å². The molecule has 0 unspecified atom stereocenters. The van der Waals surface area contributed by atoms with Crippen LogP contribution in [0.5, 0.6) is 0 Å². The van der Waals surface area contributed by atoms with Crippen molar-refractivity contribution in [3.63, 3.8) is 0 Å². The van der Waals surface area contributed by atoms with Gasteiger partial charge in [0.1, 0.15) is 11.5 Å². The van der Waals surface area contributed by atoms with E-state index in [1.54, 1.807) is 6.92 Å². The third kappa shape index (κ3) is 7.44. The molecule has 1 saturated heterocycles. The fraction of sp³-hybridized carbons (Fsp3) is 0.538. The van der Waals surface area contributed by atoms with Gasteiger partial charge in [-0.1, -0.05) is 18.2 Å². The SMILES string of the molecule is CC(=CN)C(=NCCOC1CCOCC1)C(=O)NC(NCc1ccc(C)c(C)c1)=C1CCC1. The average Bonchev–Trinajstić information content (AvgIpc) is 2.78. The minimum absolute atomic E-state index is 0.210. The maximum absolute atomic E-state index is 13.1. The van der Waals surface area contributed by atoms with Crippen LogP contribution in [0, 0.1) is 13.8 Å². The minimum atomic E-state index is -0.248. The van der Waals surface area contributed by atoms with E-state index in [1.165, 1.54) is 28.5 Å². The highest BCUT2D eigenvalue weighted by molar-refractivity contribution is 6.45. The van der Waals surface area contributed by atoms with Crippen molar-refractivity contribution < 1.29 is 14.3 Å². The summed E-state index contributed by atoms with van der Waals surface area (Å²) < 4.78 is 11.2. The number of benzene rings is 1. The molecule has 7 heteroatoms. The molecule has 0 atom stereocenters. The molecular weight excluding hydrogens is 416 g/mol. The molecule has 1 saturated carbocycles. The Morgan fingerprint density at radius 3 is 2.64 bits per heavy atom. The average molecular weight is 455 g/mol. The maximum atomic E-state index is 13.1. The first-order chi connectivity index (χ1) is 16.0. The third-order valence-electron chi connectivity index (χ3n) is 6.31. The number of amides is 1. The Labute approximate surface area is 197 Å². The molecule has 1 heterocycles. The molecule has 0 spiro atoms. The number of carbonyl (C=O) groups is 1. The monoisotopic (exact) mass is 454 g/mol. The Morgan fingerprint density at radius 2 is 2.00 bits per heavy atom. The second-order valence-electron chi connectivity index (χ2n) is 8.82. The summed E-state index contributed by atoms with van der Waals surface area (Å²) in [6.45, 7) is 9.03. The van der Waals surface area contributed by atoms with Gasteiger partial charge in [-0.3, -0.25) is 9.79 Å². The van der Waals surface area contributed by atoms with Crippen LogP contribution in [0.25, 0.3) is 0 Å². The van der Waals surface area contributed by atoms with Crippen molar-refractivity contribution in [3.8, 4) is 0 Å². The van der Waals surface area contributed by atoms with Gasteiger partial charge in [0, 0.05) is 19.8 Å². The van der Waals surface area contributed by atoms with Gasteiger partial charge in [-0.05, 0) is 86.9 Å². The van der Waals surface area contributed by atoms with Gasteiger partial charge in [0.25, 0.3) is 5.91 Å². The van der Waals surface area contributed by atoms with E-state index in [2.05, 4.69) is 47.7 Å². The summed E-state index contributed by atoms with van der Waals surface area (Å²) in [6.07, 6.45) is 6.58. The Hall–Kier alpha value is -2.64. The number of rotatable bonds is 10. The fourth-order valence-electron chi connectivity index (χ4n) is 3.81. The van der Waals surface area contributed by atoms with Gasteiger partial charge < -0.3 is 25.8 Å². The number of nitrogens with two attached hydrogens (primary N) is 1. The van der Waals surface area contributed by atoms with E-state index in [9.17, 15) is 4.79 Å². The molecule has 0 radical (unpaired) electrons. The van der Waals surface area contributed by atoms with E-state index in [0.29, 0.717) is 31.0 Å². The van der Waals surface area contributed by atoms with Crippen LogP contribution in [0.15, 0.2) is 46.4 Å². The first-order valence-corrected chi connectivity index (χ1v) is 11.9. The minimum Gasteiger partial charge on any atom is -0.404 e. The Morgan fingerprint density at radius 1 is 1.24 bits per heavy atom. The van der Waals surface area contributed by atoms with Crippen molar-refractivity contribution in [2.24, 2.45) is 10.7 Å². The smallest absolute Gasteiger partial charge is 0.275 e. The number of hydrogen-bond acceptors (Lipinski definition) is 6. The van der Waals surface area contributed by atoms with Crippen molar-refractivity contribution in [1.29, 1.82) is 0 Å². The van der Waals surface area contributed by atoms with Gasteiger partial charge in [0.2, 0.25) is 0 Å². The lowest BCUT2D eigenvalue weighted by molar-refractivity contribution is -0.114. The third-order valence-corrected chi connectivity index (χ3v) is 6.31. The molecule has 2 fully saturated rings. The molecule has 33 heavy (non-hydrogen) atoms. The Kier molecular flexibility index (Phi) is 9.51. The zero-order valence-electron chi connectivity index (χ0n) is 20.2. The van der Waals surface area contributed by atoms with E-state index in [1.807, 2.05) is 0 Å². The molecule has 1 aromatic carbocycles. The Balaban J connectivity index is 1.61. The summed E-state index contributed by atoms with van der Waals surface area (Å²) in [6, 6.07) is 6.43. The number of nitrogens with zero attached hydrogens (tertiary/aromatic N) is 1. The second-order valence-corrected chi connectivity index (χ2v) is 8.82. The fourth-order valence-corrected chi connectivity index (χ4v) is 3.81. The van der Waals surface area contributed by atoms with Crippen LogP contribution >= 0.6 is 0 Å². The summed E-state index contributed by atoms with van der Waals surface area (Å²) in [5.74, 6) is 0.544. The molecule has 1 aromatic rings. The van der Waals surface area contributed by atoms with Crippen LogP contribution in [-0.2, 0) is 20.8 Å². The van der Waals surface area contributed by atoms with Crippen molar-refractivity contribution in [1.82, 2.24) is 10.6 Å². The predicted octanol–water partition coefficient (Wildman–Crippen LogP) is 3.40. The number of nitrogens with one attached hydrogen (secondary N) is 2. The summed E-state index contributed by atoms with van der Waals surface area (Å²) >= 11 is 0. The highest BCUT2D eigenvalue weighted by atomic mass is 16.5. The van der Waals surface area contributed by atoms with Gasteiger partial charge >= 0.3 is 0 Å². The zero-order valence-corrected chi connectivity index (χ0v) is 20.2. The van der Waals surface area contributed by atoms with Gasteiger partial charge in [-0.15, -0.1) is 0 Å². The molecule has 7 nitrogen and oxygen atoms in total. The molecule has 3 rings (SSSR count). The quantitative estimate of drug-likeness (QED) is 0.372. The molecule has 0 bridgehead atoms. The van der Waals surface area contributed by atoms with Crippen molar-refractivity contribution >= 4 is 11.6 Å². The molecule has 4 N–H and O–H groups in total. The van der Waals surface area contributed by atoms with E-state index in [0.717, 1.165) is 51.1 Å². The van der Waals surface area contributed by atoms with Crippen LogP contribution in [0.3, 0.4) is 0 Å². The van der Waals surface area contributed by atoms with E-state index >= 15 is 0 Å². The standard InChI is InChI=1S/C26H38N4O3/c1-18-7-8-21(15-19(18)2)17-29-25(22-5-4-6-22)30-26(31)24(20(3)16-27)28-11-14-33-23-9-12-32-13-10-23/h7-8,15-16,23,29H,4-6,9-14,17,27H2,1-3H3,(H,30,31). The van der Waals surface area contributed by atoms with Gasteiger partial charge in [0.15, 0.2) is 0 Å². The molecule has 0 aromatic heterocycles. The number of aliphatic imine (C=N–C) groups is 1. The van der Waals surface area contributed by atoms with Crippen LogP contribution in [0.4, 0.5) is 0 Å². The Bertz CT molecular complexity index is 908. The summed E-state index contributed by atoms with van der Waals surface area (Å²) in [5.41, 5.74) is 11.7. The van der Waals surface area contributed by atoms with Crippen LogP contribution < -0.4 is 16.4 Å². The topological polar surface area (TPSA) is 98.0 Å². The van der Waals surface area contributed by atoms with Crippen molar-refractivity contribution in [3.05, 3.63) is 58.1 Å². The maximum Gasteiger partial charge on any atom is 0.275 e. The first kappa shape index (κ1) is 25.0. The van der Waals surface area contributed by atoms with Crippen molar-refractivity contribution in [2.45, 2.75) is 65.5 Å². The largest absolute Gasteiger partial charge is 0.404 e. The molecule has 180 valence electrons. The zero-order chi connectivity index (χ0) is 23.6. The van der Waals surface area contributed by atoms with Crippen LogP contribution in [-0.4, -0.2) is 44.1 Å². The van der Waals surface area contributed by atoms with E-state index in [-0.39, 0.29) is 12.0 Å². The van der Waals surface area contributed by atoms with Crippen LogP contribution in [0.2, 0.25) is 0 Å². The molecular formula is C26H38N4O3. The lowest BCUT2D eigenvalue weighted by atomic mass is 9.92. The molecule has 1 aliphatic heterocycles. The normalized spacial score (nSPS) is 17.5. The molecule has 1 amide bonds. The number of carbonyl (C=O) groups excluding carboxylic acids is 1. The van der Waals surface area contributed by atoms with Crippen molar-refractivity contribution in [2.75, 3.05) is 26.4 Å². The summed E-state index contributed by atoms with van der Waals surface area (Å²) in [5, 5.41) is 6.51. The number of aryl methyl sites for hydroxylation is 2. The first-order valence-electron chi connectivity index (χ1n) is 11.9. The highest BCUT2D eigenvalue weighted by Crippen LogP contribution is 2.27. The summed E-state index contributed by atoms with van der Waals surface area (Å²) in [7, 11) is 0. The molecule has 1 aliphatic carbocycles. The van der Waals surface area contributed by atoms with E-state index < -0.39 is 0 Å². The lowest BCUT2D eigenvalue weighted by Crippen LogP contribution is -2.38. The van der Waals surface area contributed by atoms with Gasteiger partial charge in [-0.2, -0.15) is 0 Å². The van der Waals surface area contributed by atoms with Gasteiger partial charge in [0.05, 0.1) is 19.3 Å². The second kappa shape index (κ2) is 12.6. The van der Waals surface area contributed by atoms with Crippen LogP contribution in [0.1, 0.15) is 55.7 Å². The molecule has 2 aliphatic rings. The van der Waals surface area contributed by atoms with E-state index in [4.69, 9.17) is 15.2 Å². The predicted molar refractivity (Wildman–Crippen MR) is 132 cm³/mol. The number of allylic oxidation sites excluding steroid dienone is 1. The number of hydrogen-bond donors (Lipinski definition) is 3. The summed E-state index contributed by atoms with van der Waals surface area (Å²) in [4.78, 5) is 17.7. The number of ether oxygens (including phenoxy) is 2.